The molecule has 0 radical (unpaired) electrons. The zero-order valence-corrected chi connectivity index (χ0v) is 10.6. The molecule has 4 heteroatoms. The summed E-state index contributed by atoms with van der Waals surface area (Å²) < 4.78 is 1.56. The van der Waals surface area contributed by atoms with Crippen molar-refractivity contribution in [1.29, 1.82) is 0 Å². The molecular weight excluding hydrogens is 252 g/mol. The smallest absolute Gasteiger partial charge is 0.262 e. The summed E-state index contributed by atoms with van der Waals surface area (Å²) in [6.45, 7) is 0. The van der Waals surface area contributed by atoms with E-state index < -0.39 is 5.91 Å². The van der Waals surface area contributed by atoms with Crippen LogP contribution in [0, 0.1) is 0 Å². The van der Waals surface area contributed by atoms with Crippen LogP contribution in [-0.2, 0) is 0 Å². The van der Waals surface area contributed by atoms with Crippen LogP contribution in [0.3, 0.4) is 0 Å². The molecule has 0 aliphatic heterocycles. The zero-order chi connectivity index (χ0) is 14.1. The van der Waals surface area contributed by atoms with Crippen molar-refractivity contribution in [3.63, 3.8) is 0 Å². The topological polar surface area (TPSA) is 65.1 Å². The van der Waals surface area contributed by atoms with Crippen molar-refractivity contribution >= 4 is 22.7 Å². The molecule has 1 aromatic heterocycles. The molecular formula is C16H12N2O2. The lowest BCUT2D eigenvalue weighted by molar-refractivity contribution is 0.0963. The van der Waals surface area contributed by atoms with Crippen molar-refractivity contribution in [2.45, 2.75) is 0 Å². The Morgan fingerprint density at radius 1 is 0.900 bits per heavy atom. The predicted molar refractivity (Wildman–Crippen MR) is 76.6 cm³/mol. The standard InChI is InChI=1S/C16H12N2O2/c17-15(19)13-6-7-14-12(10-13)8-9-18(14)16(20)11-4-2-1-3-5-11/h1-10H,(H2,17,19). The van der Waals surface area contributed by atoms with Crippen molar-refractivity contribution in [2.75, 3.05) is 0 Å². The second-order valence-electron chi connectivity index (χ2n) is 4.49. The molecule has 1 amide bonds. The maximum absolute atomic E-state index is 12.4. The van der Waals surface area contributed by atoms with Gasteiger partial charge in [0.25, 0.3) is 5.91 Å². The molecule has 4 nitrogen and oxygen atoms in total. The third-order valence-electron chi connectivity index (χ3n) is 3.21. The average Bonchev–Trinajstić information content (AvgIpc) is 2.90. The van der Waals surface area contributed by atoms with E-state index in [0.717, 1.165) is 10.9 Å². The van der Waals surface area contributed by atoms with Gasteiger partial charge in [-0.05, 0) is 36.4 Å². The number of hydrogen-bond acceptors (Lipinski definition) is 2. The summed E-state index contributed by atoms with van der Waals surface area (Å²) in [5, 5.41) is 0.811. The molecule has 0 spiro atoms. The molecule has 98 valence electrons. The molecule has 0 aliphatic rings. The van der Waals surface area contributed by atoms with Crippen molar-refractivity contribution in [2.24, 2.45) is 5.73 Å². The number of carbonyl (C=O) groups excluding carboxylic acids is 2. The minimum atomic E-state index is -0.478. The van der Waals surface area contributed by atoms with Gasteiger partial charge in [0.1, 0.15) is 0 Å². The molecule has 0 atom stereocenters. The number of hydrogen-bond donors (Lipinski definition) is 1. The van der Waals surface area contributed by atoms with E-state index in [1.54, 1.807) is 47.2 Å². The van der Waals surface area contributed by atoms with Gasteiger partial charge in [0.05, 0.1) is 5.52 Å². The van der Waals surface area contributed by atoms with Gasteiger partial charge in [-0.15, -0.1) is 0 Å². The van der Waals surface area contributed by atoms with Crippen LogP contribution in [-0.4, -0.2) is 16.4 Å². The minimum Gasteiger partial charge on any atom is -0.366 e. The van der Waals surface area contributed by atoms with Crippen LogP contribution in [0.4, 0.5) is 0 Å². The molecule has 0 unspecified atom stereocenters. The van der Waals surface area contributed by atoms with Gasteiger partial charge in [-0.1, -0.05) is 18.2 Å². The fourth-order valence-corrected chi connectivity index (χ4v) is 2.19. The molecule has 3 rings (SSSR count). The highest BCUT2D eigenvalue weighted by molar-refractivity contribution is 6.03. The van der Waals surface area contributed by atoms with Gasteiger partial charge < -0.3 is 5.73 Å². The highest BCUT2D eigenvalue weighted by Gasteiger charge is 2.12. The van der Waals surface area contributed by atoms with Crippen molar-refractivity contribution in [3.8, 4) is 0 Å². The monoisotopic (exact) mass is 264 g/mol. The zero-order valence-electron chi connectivity index (χ0n) is 10.6. The normalized spacial score (nSPS) is 10.6. The first-order valence-corrected chi connectivity index (χ1v) is 6.17. The maximum atomic E-state index is 12.4. The van der Waals surface area contributed by atoms with E-state index in [1.807, 2.05) is 18.2 Å². The van der Waals surface area contributed by atoms with E-state index in [9.17, 15) is 9.59 Å². The quantitative estimate of drug-likeness (QED) is 0.772. The number of nitrogens with zero attached hydrogens (tertiary/aromatic N) is 1. The van der Waals surface area contributed by atoms with Crippen LogP contribution in [0.2, 0.25) is 0 Å². The van der Waals surface area contributed by atoms with Crippen LogP contribution in [0.15, 0.2) is 60.8 Å². The number of primary amides is 1. The van der Waals surface area contributed by atoms with E-state index >= 15 is 0 Å². The van der Waals surface area contributed by atoms with Crippen LogP contribution >= 0.6 is 0 Å². The van der Waals surface area contributed by atoms with Crippen LogP contribution in [0.25, 0.3) is 10.9 Å². The van der Waals surface area contributed by atoms with E-state index in [-0.39, 0.29) is 5.91 Å². The van der Waals surface area contributed by atoms with Crippen LogP contribution < -0.4 is 5.73 Å². The first-order chi connectivity index (χ1) is 9.66. The Labute approximate surface area is 115 Å². The van der Waals surface area contributed by atoms with Crippen molar-refractivity contribution in [3.05, 3.63) is 71.9 Å². The Bertz CT molecular complexity index is 804. The summed E-state index contributed by atoms with van der Waals surface area (Å²) in [4.78, 5) is 23.6. The lowest BCUT2D eigenvalue weighted by atomic mass is 10.1. The second-order valence-corrected chi connectivity index (χ2v) is 4.49. The molecule has 0 aliphatic carbocycles. The molecule has 1 heterocycles. The third-order valence-corrected chi connectivity index (χ3v) is 3.21. The Morgan fingerprint density at radius 2 is 1.65 bits per heavy atom. The molecule has 3 aromatic rings. The number of fused-ring (bicyclic) bond motifs is 1. The van der Waals surface area contributed by atoms with E-state index in [2.05, 4.69) is 0 Å². The van der Waals surface area contributed by atoms with E-state index in [0.29, 0.717) is 11.1 Å². The molecule has 2 aromatic carbocycles. The Morgan fingerprint density at radius 3 is 2.35 bits per heavy atom. The number of amides is 1. The fourth-order valence-electron chi connectivity index (χ4n) is 2.19. The van der Waals surface area contributed by atoms with Gasteiger partial charge in [0.15, 0.2) is 0 Å². The van der Waals surface area contributed by atoms with Crippen LogP contribution in [0.5, 0.6) is 0 Å². The van der Waals surface area contributed by atoms with Gasteiger partial charge in [-0.3, -0.25) is 14.2 Å². The summed E-state index contributed by atoms with van der Waals surface area (Å²) in [5.41, 5.74) is 7.05. The first kappa shape index (κ1) is 12.2. The van der Waals surface area contributed by atoms with Crippen molar-refractivity contribution in [1.82, 2.24) is 4.57 Å². The maximum Gasteiger partial charge on any atom is 0.262 e. The van der Waals surface area contributed by atoms with Gasteiger partial charge in [-0.2, -0.15) is 0 Å². The molecule has 20 heavy (non-hydrogen) atoms. The molecule has 0 saturated carbocycles. The minimum absolute atomic E-state index is 0.104. The Hall–Kier alpha value is -2.88. The third kappa shape index (κ3) is 1.97. The summed E-state index contributed by atoms with van der Waals surface area (Å²) in [7, 11) is 0. The van der Waals surface area contributed by atoms with Crippen molar-refractivity contribution < 1.29 is 9.59 Å². The number of nitrogens with two attached hydrogens (primary N) is 1. The summed E-state index contributed by atoms with van der Waals surface area (Å²) in [5.74, 6) is -0.582. The number of rotatable bonds is 2. The van der Waals surface area contributed by atoms with Gasteiger partial charge >= 0.3 is 0 Å². The van der Waals surface area contributed by atoms with E-state index in [1.165, 1.54) is 0 Å². The predicted octanol–water partition coefficient (Wildman–Crippen LogP) is 2.43. The molecule has 0 bridgehead atoms. The average molecular weight is 264 g/mol. The summed E-state index contributed by atoms with van der Waals surface area (Å²) >= 11 is 0. The molecule has 0 fully saturated rings. The highest BCUT2D eigenvalue weighted by Crippen LogP contribution is 2.19. The fraction of sp³-hybridized carbons (Fsp3) is 0. The SMILES string of the molecule is NC(=O)c1ccc2c(ccn2C(=O)c2ccccc2)c1. The highest BCUT2D eigenvalue weighted by atomic mass is 16.2. The molecule has 0 saturated heterocycles. The van der Waals surface area contributed by atoms with Gasteiger partial charge in [0, 0.05) is 22.7 Å². The lowest BCUT2D eigenvalue weighted by Crippen LogP contribution is -2.12. The van der Waals surface area contributed by atoms with Gasteiger partial charge in [0.2, 0.25) is 5.91 Å². The lowest BCUT2D eigenvalue weighted by Gasteiger charge is -2.04. The Balaban J connectivity index is 2.09. The van der Waals surface area contributed by atoms with Gasteiger partial charge in [-0.25, -0.2) is 0 Å². The largest absolute Gasteiger partial charge is 0.366 e. The number of carbonyl (C=O) groups is 2. The van der Waals surface area contributed by atoms with E-state index in [4.69, 9.17) is 5.73 Å². The Kier molecular flexibility index (Phi) is 2.84. The number of aromatic nitrogens is 1. The molecule has 2 N–H and O–H groups in total. The van der Waals surface area contributed by atoms with Crippen LogP contribution in [0.1, 0.15) is 20.7 Å². The summed E-state index contributed by atoms with van der Waals surface area (Å²) in [6, 6.07) is 15.9. The number of benzene rings is 2. The second kappa shape index (κ2) is 4.66. The first-order valence-electron chi connectivity index (χ1n) is 6.17. The summed E-state index contributed by atoms with van der Waals surface area (Å²) in [6.07, 6.45) is 1.70.